The van der Waals surface area contributed by atoms with Crippen molar-refractivity contribution >= 4 is 22.8 Å². The minimum Gasteiger partial charge on any atom is -0.456 e. The van der Waals surface area contributed by atoms with Crippen LogP contribution in [0.1, 0.15) is 20.3 Å². The molecule has 1 amide bonds. The van der Waals surface area contributed by atoms with E-state index in [0.717, 1.165) is 16.5 Å². The SMILES string of the molecule is C=C(C)CN(CC)C(=O)COC(=O)CCn1ccc2ccccc21. The summed E-state index contributed by atoms with van der Waals surface area (Å²) in [5, 5.41) is 1.14. The third-order valence-electron chi connectivity index (χ3n) is 3.79. The Morgan fingerprint density at radius 2 is 2.00 bits per heavy atom. The highest BCUT2D eigenvalue weighted by molar-refractivity contribution is 5.81. The number of carbonyl (C=O) groups excluding carboxylic acids is 2. The summed E-state index contributed by atoms with van der Waals surface area (Å²) in [5.41, 5.74) is 1.98. The van der Waals surface area contributed by atoms with Crippen LogP contribution in [0.4, 0.5) is 0 Å². The van der Waals surface area contributed by atoms with E-state index in [9.17, 15) is 9.59 Å². The molecule has 0 saturated carbocycles. The van der Waals surface area contributed by atoms with Crippen LogP contribution in [-0.2, 0) is 20.9 Å². The predicted octanol–water partition coefficient (Wildman–Crippen LogP) is 3.00. The van der Waals surface area contributed by atoms with E-state index >= 15 is 0 Å². The van der Waals surface area contributed by atoms with Crippen molar-refractivity contribution in [3.8, 4) is 0 Å². The van der Waals surface area contributed by atoms with Crippen molar-refractivity contribution in [3.05, 3.63) is 48.7 Å². The third-order valence-corrected chi connectivity index (χ3v) is 3.79. The fourth-order valence-corrected chi connectivity index (χ4v) is 2.56. The van der Waals surface area contributed by atoms with E-state index < -0.39 is 0 Å². The van der Waals surface area contributed by atoms with Crippen LogP contribution in [0.25, 0.3) is 10.9 Å². The first-order chi connectivity index (χ1) is 11.5. The zero-order valence-electron chi connectivity index (χ0n) is 14.3. The molecule has 0 saturated heterocycles. The number of esters is 1. The molecule has 1 aromatic heterocycles. The van der Waals surface area contributed by atoms with Crippen LogP contribution in [0.3, 0.4) is 0 Å². The molecule has 1 heterocycles. The van der Waals surface area contributed by atoms with Gasteiger partial charge >= 0.3 is 5.97 Å². The van der Waals surface area contributed by atoms with Crippen molar-refractivity contribution in [1.82, 2.24) is 9.47 Å². The van der Waals surface area contributed by atoms with Crippen LogP contribution < -0.4 is 0 Å². The van der Waals surface area contributed by atoms with Crippen molar-refractivity contribution in [2.24, 2.45) is 0 Å². The molecule has 5 heteroatoms. The highest BCUT2D eigenvalue weighted by Gasteiger charge is 2.14. The highest BCUT2D eigenvalue weighted by atomic mass is 16.5. The van der Waals surface area contributed by atoms with Gasteiger partial charge in [0.05, 0.1) is 6.42 Å². The van der Waals surface area contributed by atoms with Gasteiger partial charge in [0.25, 0.3) is 5.91 Å². The fraction of sp³-hybridized carbons (Fsp3) is 0.368. The largest absolute Gasteiger partial charge is 0.456 e. The first-order valence-electron chi connectivity index (χ1n) is 8.13. The predicted molar refractivity (Wildman–Crippen MR) is 94.6 cm³/mol. The number of likely N-dealkylation sites (N-methyl/N-ethyl adjacent to an activating group) is 1. The molecule has 0 spiro atoms. The number of amides is 1. The molecule has 0 aliphatic carbocycles. The molecule has 0 radical (unpaired) electrons. The summed E-state index contributed by atoms with van der Waals surface area (Å²) in [7, 11) is 0. The lowest BCUT2D eigenvalue weighted by Crippen LogP contribution is -2.35. The zero-order chi connectivity index (χ0) is 17.5. The minimum absolute atomic E-state index is 0.194. The van der Waals surface area contributed by atoms with Gasteiger partial charge in [0.1, 0.15) is 0 Å². The van der Waals surface area contributed by atoms with Gasteiger partial charge in [0.2, 0.25) is 0 Å². The summed E-state index contributed by atoms with van der Waals surface area (Å²) in [4.78, 5) is 25.5. The topological polar surface area (TPSA) is 51.5 Å². The van der Waals surface area contributed by atoms with Crippen molar-refractivity contribution in [3.63, 3.8) is 0 Å². The lowest BCUT2D eigenvalue weighted by molar-refractivity contribution is -0.152. The molecule has 5 nitrogen and oxygen atoms in total. The Balaban J connectivity index is 1.81. The molecule has 0 fully saturated rings. The van der Waals surface area contributed by atoms with Crippen LogP contribution >= 0.6 is 0 Å². The van der Waals surface area contributed by atoms with E-state index in [2.05, 4.69) is 6.58 Å². The second-order valence-electron chi connectivity index (χ2n) is 5.84. The Labute approximate surface area is 142 Å². The van der Waals surface area contributed by atoms with Gasteiger partial charge in [0.15, 0.2) is 6.61 Å². The molecule has 0 unspecified atom stereocenters. The molecule has 128 valence electrons. The number of aromatic nitrogens is 1. The Bertz CT molecular complexity index is 733. The third kappa shape index (κ3) is 4.72. The molecule has 0 aliphatic rings. The fourth-order valence-electron chi connectivity index (χ4n) is 2.56. The van der Waals surface area contributed by atoms with Crippen LogP contribution in [0.15, 0.2) is 48.7 Å². The van der Waals surface area contributed by atoms with Crippen LogP contribution in [-0.4, -0.2) is 41.0 Å². The average Bonchev–Trinajstić information content (AvgIpc) is 2.98. The van der Waals surface area contributed by atoms with Gasteiger partial charge in [-0.25, -0.2) is 0 Å². The van der Waals surface area contributed by atoms with E-state index in [-0.39, 0.29) is 24.9 Å². The van der Waals surface area contributed by atoms with Gasteiger partial charge in [-0.05, 0) is 31.4 Å². The molecule has 1 aromatic carbocycles. The second-order valence-corrected chi connectivity index (χ2v) is 5.84. The lowest BCUT2D eigenvalue weighted by Gasteiger charge is -2.20. The van der Waals surface area contributed by atoms with Crippen molar-refractivity contribution in [2.45, 2.75) is 26.8 Å². The standard InChI is InChI=1S/C19H24N2O3/c1-4-20(13-15(2)3)18(22)14-24-19(23)10-12-21-11-9-16-7-5-6-8-17(16)21/h5-9,11H,2,4,10,12-14H2,1,3H3. The molecule has 0 N–H and O–H groups in total. The van der Waals surface area contributed by atoms with E-state index in [4.69, 9.17) is 4.74 Å². The van der Waals surface area contributed by atoms with E-state index in [1.165, 1.54) is 0 Å². The number of ether oxygens (including phenoxy) is 1. The maximum Gasteiger partial charge on any atom is 0.308 e. The van der Waals surface area contributed by atoms with E-state index in [1.807, 2.05) is 54.9 Å². The average molecular weight is 328 g/mol. The maximum absolute atomic E-state index is 12.0. The van der Waals surface area contributed by atoms with Crippen LogP contribution in [0.5, 0.6) is 0 Å². The number of fused-ring (bicyclic) bond motifs is 1. The number of carbonyl (C=O) groups is 2. The second kappa shape index (κ2) is 8.34. The maximum atomic E-state index is 12.0. The van der Waals surface area contributed by atoms with Crippen molar-refractivity contribution in [2.75, 3.05) is 19.7 Å². The molecule has 24 heavy (non-hydrogen) atoms. The molecule has 0 bridgehead atoms. The summed E-state index contributed by atoms with van der Waals surface area (Å²) in [6.07, 6.45) is 2.19. The van der Waals surface area contributed by atoms with Crippen molar-refractivity contribution < 1.29 is 14.3 Å². The summed E-state index contributed by atoms with van der Waals surface area (Å²) in [6.45, 7) is 8.92. The Morgan fingerprint density at radius 3 is 2.71 bits per heavy atom. The monoisotopic (exact) mass is 328 g/mol. The molecular formula is C19H24N2O3. The van der Waals surface area contributed by atoms with Gasteiger partial charge in [-0.15, -0.1) is 0 Å². The Kier molecular flexibility index (Phi) is 6.18. The number of hydrogen-bond acceptors (Lipinski definition) is 3. The molecule has 0 aliphatic heterocycles. The number of hydrogen-bond donors (Lipinski definition) is 0. The normalized spacial score (nSPS) is 10.6. The zero-order valence-corrected chi connectivity index (χ0v) is 14.3. The summed E-state index contributed by atoms with van der Waals surface area (Å²) in [6, 6.07) is 10.0. The number of para-hydroxylation sites is 1. The molecular weight excluding hydrogens is 304 g/mol. The van der Waals surface area contributed by atoms with Crippen LogP contribution in [0.2, 0.25) is 0 Å². The minimum atomic E-state index is -0.368. The van der Waals surface area contributed by atoms with Gasteiger partial charge in [-0.1, -0.05) is 30.4 Å². The smallest absolute Gasteiger partial charge is 0.308 e. The van der Waals surface area contributed by atoms with Gasteiger partial charge < -0.3 is 14.2 Å². The highest BCUT2D eigenvalue weighted by Crippen LogP contribution is 2.15. The van der Waals surface area contributed by atoms with Crippen molar-refractivity contribution in [1.29, 1.82) is 0 Å². The van der Waals surface area contributed by atoms with E-state index in [1.54, 1.807) is 4.90 Å². The first kappa shape index (κ1) is 17.8. The Hall–Kier alpha value is -2.56. The summed E-state index contributed by atoms with van der Waals surface area (Å²) < 4.78 is 7.12. The molecule has 2 aromatic rings. The summed E-state index contributed by atoms with van der Waals surface area (Å²) >= 11 is 0. The number of aryl methyl sites for hydroxylation is 1. The summed E-state index contributed by atoms with van der Waals surface area (Å²) in [5.74, 6) is -0.562. The van der Waals surface area contributed by atoms with Gasteiger partial charge in [-0.2, -0.15) is 0 Å². The number of benzene rings is 1. The van der Waals surface area contributed by atoms with Gasteiger partial charge in [0, 0.05) is 31.3 Å². The quantitative estimate of drug-likeness (QED) is 0.553. The Morgan fingerprint density at radius 1 is 1.25 bits per heavy atom. The van der Waals surface area contributed by atoms with Gasteiger partial charge in [-0.3, -0.25) is 9.59 Å². The van der Waals surface area contributed by atoms with Crippen LogP contribution in [0, 0.1) is 0 Å². The van der Waals surface area contributed by atoms with E-state index in [0.29, 0.717) is 19.6 Å². The molecule has 0 atom stereocenters. The lowest BCUT2D eigenvalue weighted by atomic mass is 10.2. The number of nitrogens with zero attached hydrogens (tertiary/aromatic N) is 2. The number of rotatable bonds is 8. The first-order valence-corrected chi connectivity index (χ1v) is 8.13. The molecule has 2 rings (SSSR count).